The normalized spacial score (nSPS) is 16.2. The van der Waals surface area contributed by atoms with Gasteiger partial charge >= 0.3 is 0 Å². The second kappa shape index (κ2) is 4.70. The quantitative estimate of drug-likeness (QED) is 0.416. The van der Waals surface area contributed by atoms with E-state index in [1.165, 1.54) is 38.0 Å². The minimum absolute atomic E-state index is 0.0700. The van der Waals surface area contributed by atoms with Crippen molar-refractivity contribution in [2.45, 2.75) is 29.1 Å². The molecule has 0 bridgehead atoms. The van der Waals surface area contributed by atoms with E-state index in [0.717, 1.165) is 5.46 Å². The van der Waals surface area contributed by atoms with Crippen molar-refractivity contribution in [3.05, 3.63) is 71.8 Å². The Labute approximate surface area is 148 Å². The number of hydrogen-bond acceptors (Lipinski definition) is 2. The highest BCUT2D eigenvalue weighted by molar-refractivity contribution is 7.99. The average Bonchev–Trinajstić information content (AvgIpc) is 2.58. The summed E-state index contributed by atoms with van der Waals surface area (Å²) in [5, 5.41) is 0. The summed E-state index contributed by atoms with van der Waals surface area (Å²) in [5.41, 5.74) is 7.23. The molecule has 114 valence electrons. The smallest absolute Gasteiger partial charge is 0.113 e. The molecule has 0 aliphatic carbocycles. The molecule has 2 heterocycles. The average molecular weight is 325 g/mol. The second-order valence-electron chi connectivity index (χ2n) is 6.96. The van der Waals surface area contributed by atoms with Crippen LogP contribution in [-0.4, -0.2) is 7.85 Å². The van der Waals surface area contributed by atoms with Crippen molar-refractivity contribution in [1.29, 1.82) is 0 Å². The molecule has 0 amide bonds. The zero-order valence-corrected chi connectivity index (χ0v) is 14.5. The van der Waals surface area contributed by atoms with Crippen LogP contribution in [0.2, 0.25) is 0 Å². The molecule has 0 spiro atoms. The number of benzene rings is 3. The van der Waals surface area contributed by atoms with Crippen LogP contribution in [0, 0.1) is 0 Å². The Hall–Kier alpha value is -2.13. The molecule has 0 aromatic heterocycles. The summed E-state index contributed by atoms with van der Waals surface area (Å²) < 4.78 is 0. The molecule has 3 aromatic rings. The molecule has 2 aliphatic heterocycles. The van der Waals surface area contributed by atoms with Gasteiger partial charge in [0.15, 0.2) is 0 Å². The minimum Gasteiger partial charge on any atom is -0.308 e. The summed E-state index contributed by atoms with van der Waals surface area (Å²) in [6, 6.07) is 21.6. The highest BCUT2D eigenvalue weighted by atomic mass is 32.2. The van der Waals surface area contributed by atoms with E-state index in [1.807, 2.05) is 11.8 Å². The van der Waals surface area contributed by atoms with E-state index in [0.29, 0.717) is 0 Å². The highest BCUT2D eigenvalue weighted by Gasteiger charge is 2.40. The molecule has 0 fully saturated rings. The van der Waals surface area contributed by atoms with Crippen molar-refractivity contribution in [3.63, 3.8) is 0 Å². The van der Waals surface area contributed by atoms with Crippen LogP contribution in [-0.2, 0) is 5.41 Å². The summed E-state index contributed by atoms with van der Waals surface area (Å²) in [5.74, 6) is 0. The van der Waals surface area contributed by atoms with Gasteiger partial charge in [0.1, 0.15) is 7.85 Å². The third kappa shape index (κ3) is 1.74. The van der Waals surface area contributed by atoms with Gasteiger partial charge in [0.25, 0.3) is 0 Å². The third-order valence-corrected chi connectivity index (χ3v) is 6.23. The van der Waals surface area contributed by atoms with Gasteiger partial charge in [-0.3, -0.25) is 0 Å². The van der Waals surface area contributed by atoms with Crippen LogP contribution in [0.3, 0.4) is 0 Å². The van der Waals surface area contributed by atoms with E-state index >= 15 is 0 Å². The molecule has 5 rings (SSSR count). The van der Waals surface area contributed by atoms with Gasteiger partial charge in [0.05, 0.1) is 17.1 Å². The van der Waals surface area contributed by atoms with Crippen LogP contribution in [0.15, 0.2) is 70.5 Å². The highest BCUT2D eigenvalue weighted by Crippen LogP contribution is 2.59. The lowest BCUT2D eigenvalue weighted by molar-refractivity contribution is 0.629. The van der Waals surface area contributed by atoms with Crippen molar-refractivity contribution in [3.8, 4) is 0 Å². The number of anilines is 3. The van der Waals surface area contributed by atoms with Gasteiger partial charge in [-0.2, -0.15) is 0 Å². The SMILES string of the molecule is [B]c1cc2c3c(c1)C(C)(C)c1ccccc1N3c1ccccc1S2. The van der Waals surface area contributed by atoms with Crippen molar-refractivity contribution < 1.29 is 0 Å². The lowest BCUT2D eigenvalue weighted by atomic mass is 9.72. The van der Waals surface area contributed by atoms with Crippen LogP contribution < -0.4 is 10.4 Å². The first-order valence-electron chi connectivity index (χ1n) is 8.18. The topological polar surface area (TPSA) is 3.24 Å². The first kappa shape index (κ1) is 14.2. The first-order chi connectivity index (χ1) is 11.6. The number of fused-ring (bicyclic) bond motifs is 4. The Kier molecular flexibility index (Phi) is 2.79. The maximum atomic E-state index is 6.26. The van der Waals surface area contributed by atoms with E-state index < -0.39 is 0 Å². The first-order valence-corrected chi connectivity index (χ1v) is 8.99. The third-order valence-electron chi connectivity index (χ3n) is 5.14. The molecular weight excluding hydrogens is 309 g/mol. The number of para-hydroxylation sites is 2. The Morgan fingerprint density at radius 1 is 0.833 bits per heavy atom. The Morgan fingerprint density at radius 3 is 2.38 bits per heavy atom. The summed E-state index contributed by atoms with van der Waals surface area (Å²) >= 11 is 1.82. The minimum atomic E-state index is -0.0700. The summed E-state index contributed by atoms with van der Waals surface area (Å²) in [4.78, 5) is 4.93. The van der Waals surface area contributed by atoms with Crippen LogP contribution in [0.5, 0.6) is 0 Å². The largest absolute Gasteiger partial charge is 0.308 e. The van der Waals surface area contributed by atoms with Crippen molar-refractivity contribution in [2.75, 3.05) is 4.90 Å². The van der Waals surface area contributed by atoms with Crippen LogP contribution in [0.1, 0.15) is 25.0 Å². The molecule has 3 aromatic carbocycles. The molecule has 2 aliphatic rings. The van der Waals surface area contributed by atoms with Gasteiger partial charge in [-0.25, -0.2) is 0 Å². The van der Waals surface area contributed by atoms with E-state index in [2.05, 4.69) is 79.4 Å². The molecule has 0 saturated heterocycles. The molecule has 2 radical (unpaired) electrons. The van der Waals surface area contributed by atoms with Crippen LogP contribution in [0.4, 0.5) is 17.1 Å². The molecule has 3 heteroatoms. The second-order valence-corrected chi connectivity index (χ2v) is 8.05. The fraction of sp³-hybridized carbons (Fsp3) is 0.143. The molecule has 0 N–H and O–H groups in total. The predicted octanol–water partition coefficient (Wildman–Crippen LogP) is 5.05. The summed E-state index contributed by atoms with van der Waals surface area (Å²) in [7, 11) is 6.26. The van der Waals surface area contributed by atoms with E-state index in [1.54, 1.807) is 0 Å². The molecule has 1 nitrogen and oxygen atoms in total. The van der Waals surface area contributed by atoms with Crippen molar-refractivity contribution in [2.24, 2.45) is 0 Å². The number of rotatable bonds is 0. The van der Waals surface area contributed by atoms with Gasteiger partial charge < -0.3 is 4.90 Å². The fourth-order valence-corrected chi connectivity index (χ4v) is 5.11. The zero-order valence-electron chi connectivity index (χ0n) is 13.7. The van der Waals surface area contributed by atoms with Gasteiger partial charge in [0.2, 0.25) is 0 Å². The molecule has 0 unspecified atom stereocenters. The lowest BCUT2D eigenvalue weighted by Crippen LogP contribution is -2.33. The van der Waals surface area contributed by atoms with Crippen LogP contribution >= 0.6 is 11.8 Å². The van der Waals surface area contributed by atoms with E-state index in [4.69, 9.17) is 7.85 Å². The Balaban J connectivity index is 1.93. The van der Waals surface area contributed by atoms with E-state index in [9.17, 15) is 0 Å². The lowest BCUT2D eigenvalue weighted by Gasteiger charge is -2.45. The van der Waals surface area contributed by atoms with Crippen LogP contribution in [0.25, 0.3) is 0 Å². The summed E-state index contributed by atoms with van der Waals surface area (Å²) in [6.07, 6.45) is 0. The van der Waals surface area contributed by atoms with Crippen molar-refractivity contribution in [1.82, 2.24) is 0 Å². The predicted molar refractivity (Wildman–Crippen MR) is 103 cm³/mol. The number of nitrogens with zero attached hydrogens (tertiary/aromatic N) is 1. The van der Waals surface area contributed by atoms with Gasteiger partial charge in [-0.1, -0.05) is 73.5 Å². The van der Waals surface area contributed by atoms with Gasteiger partial charge in [-0.05, 0) is 29.3 Å². The fourth-order valence-electron chi connectivity index (χ4n) is 3.97. The van der Waals surface area contributed by atoms with E-state index in [-0.39, 0.29) is 5.41 Å². The van der Waals surface area contributed by atoms with Crippen molar-refractivity contribution >= 4 is 42.1 Å². The molecule has 0 atom stereocenters. The Morgan fingerprint density at radius 2 is 1.54 bits per heavy atom. The molecular formula is C21H16BNS. The maximum absolute atomic E-state index is 6.26. The van der Waals surface area contributed by atoms with Gasteiger partial charge in [0, 0.05) is 15.2 Å². The monoisotopic (exact) mass is 325 g/mol. The number of hydrogen-bond donors (Lipinski definition) is 0. The standard InChI is InChI=1S/C21H16BNS/c1-21(2)14-7-3-4-8-16(14)23-17-9-5-6-10-18(17)24-19-12-13(22)11-15(21)20(19)23/h3-12H,1-2H3. The molecule has 0 saturated carbocycles. The van der Waals surface area contributed by atoms with Gasteiger partial charge in [-0.15, -0.1) is 0 Å². The summed E-state index contributed by atoms with van der Waals surface area (Å²) in [6.45, 7) is 4.59. The molecule has 24 heavy (non-hydrogen) atoms. The maximum Gasteiger partial charge on any atom is 0.113 e. The zero-order chi connectivity index (χ0) is 16.5. The Bertz CT molecular complexity index is 993.